The molecule has 3 fully saturated rings. The van der Waals surface area contributed by atoms with Gasteiger partial charge >= 0.3 is 6.09 Å². The fraction of sp³-hybridized carbons (Fsp3) is 0.622. The zero-order valence-electron chi connectivity index (χ0n) is 29.4. The molecule has 2 amide bonds. The Balaban J connectivity index is 0.00000432. The first-order valence-corrected chi connectivity index (χ1v) is 17.6. The van der Waals surface area contributed by atoms with Crippen LogP contribution >= 0.6 is 0 Å². The fourth-order valence-corrected chi connectivity index (χ4v) is 7.97. The smallest absolute Gasteiger partial charge is 0.408 e. The molecule has 4 aliphatic rings. The van der Waals surface area contributed by atoms with Crippen molar-refractivity contribution in [2.24, 2.45) is 29.1 Å². The second-order valence-electron chi connectivity index (χ2n) is 15.4. The van der Waals surface area contributed by atoms with Crippen molar-refractivity contribution < 1.29 is 51.6 Å². The Bertz CT molecular complexity index is 1730. The van der Waals surface area contributed by atoms with Gasteiger partial charge in [-0.25, -0.2) is 26.0 Å². The predicted octanol–water partition coefficient (Wildman–Crippen LogP) is 5.49. The Morgan fingerprint density at radius 1 is 1.04 bits per heavy atom. The van der Waals surface area contributed by atoms with Gasteiger partial charge in [-0.1, -0.05) is 46.6 Å². The number of benzene rings is 1. The van der Waals surface area contributed by atoms with E-state index in [2.05, 4.69) is 16.6 Å². The van der Waals surface area contributed by atoms with E-state index in [0.717, 1.165) is 37.8 Å². The summed E-state index contributed by atoms with van der Waals surface area (Å²) in [4.78, 5) is 55.5. The van der Waals surface area contributed by atoms with Crippen molar-refractivity contribution in [1.29, 1.82) is 0 Å². The molecule has 0 spiro atoms. The maximum atomic E-state index is 14.2. The molecule has 50 heavy (non-hydrogen) atoms. The Morgan fingerprint density at radius 2 is 1.86 bits per heavy atom. The van der Waals surface area contributed by atoms with Gasteiger partial charge in [-0.2, -0.15) is 0 Å². The first-order valence-electron chi connectivity index (χ1n) is 17.6. The van der Waals surface area contributed by atoms with E-state index >= 15 is 0 Å². The molecule has 267 valence electrons. The first-order chi connectivity index (χ1) is 23.5. The minimum absolute atomic E-state index is 0. The van der Waals surface area contributed by atoms with E-state index in [0.29, 0.717) is 58.5 Å². The molecule has 12 nitrogen and oxygen atoms in total. The molecule has 2 unspecified atom stereocenters. The maximum Gasteiger partial charge on any atom is 0.408 e. The Morgan fingerprint density at radius 3 is 2.60 bits per heavy atom. The van der Waals surface area contributed by atoms with Gasteiger partial charge in [-0.3, -0.25) is 4.79 Å². The van der Waals surface area contributed by atoms with Gasteiger partial charge in [-0.05, 0) is 80.2 Å². The van der Waals surface area contributed by atoms with Gasteiger partial charge < -0.3 is 33.6 Å². The number of carbonyl (C=O) groups excluding carboxylic acids is 3. The second kappa shape index (κ2) is 14.5. The summed E-state index contributed by atoms with van der Waals surface area (Å²) in [5.74, 6) is 2.97. The van der Waals surface area contributed by atoms with Gasteiger partial charge in [0.1, 0.15) is 35.5 Å². The third-order valence-electron chi connectivity index (χ3n) is 10.8. The zero-order chi connectivity index (χ0) is 34.4. The standard InChI is InChI=1S/C37H46N5O7.V/c1-20-16-38-32(47-20)19-46-23-11-12-26-28(15-23)40-34-27(39-26)10-8-6-7-9-24-25-13-22(25)14-30(24)49-36(45)41-33(37(3,4)5)35(44)42-17-31(48-34)21(2)29(42)18-43;/h11-12,15-16,21-22,24-25,29-31,33H,6-10,13-14,17,19H2,1-5H3,(H,41,45);/q-1;/t21-,22?,24+,25?,29+,30+,31-,33+;/m0./s1. The quantitative estimate of drug-likeness (QED) is 0.343. The van der Waals surface area contributed by atoms with E-state index in [1.54, 1.807) is 6.20 Å². The number of oxazole rings is 1. The molecule has 2 aromatic heterocycles. The molecule has 2 saturated carbocycles. The molecule has 8 atom stereocenters. The van der Waals surface area contributed by atoms with Crippen LogP contribution in [0.2, 0.25) is 0 Å². The summed E-state index contributed by atoms with van der Waals surface area (Å²) in [7, 11) is 0. The van der Waals surface area contributed by atoms with Crippen LogP contribution in [-0.2, 0) is 45.9 Å². The summed E-state index contributed by atoms with van der Waals surface area (Å²) in [6.07, 6.45) is 9.11. The van der Waals surface area contributed by atoms with Crippen molar-refractivity contribution >= 4 is 29.3 Å². The third kappa shape index (κ3) is 7.51. The molecule has 7 rings (SSSR count). The number of hydrogen-bond donors (Lipinski definition) is 1. The van der Waals surface area contributed by atoms with Crippen molar-refractivity contribution in [3.63, 3.8) is 0 Å². The third-order valence-corrected chi connectivity index (χ3v) is 10.8. The van der Waals surface area contributed by atoms with Crippen molar-refractivity contribution in [3.8, 4) is 11.6 Å². The van der Waals surface area contributed by atoms with E-state index in [1.807, 2.05) is 52.8 Å². The van der Waals surface area contributed by atoms with E-state index in [1.165, 1.54) is 11.3 Å². The van der Waals surface area contributed by atoms with E-state index < -0.39 is 29.7 Å². The molecule has 2 bridgehead atoms. The average Bonchev–Trinajstić information content (AvgIpc) is 3.37. The van der Waals surface area contributed by atoms with Gasteiger partial charge in [0.2, 0.25) is 17.7 Å². The molecule has 2 aliphatic heterocycles. The summed E-state index contributed by atoms with van der Waals surface area (Å²) in [5, 5.41) is 2.89. The average molecular weight is 724 g/mol. The van der Waals surface area contributed by atoms with E-state index in [9.17, 15) is 14.4 Å². The number of rotatable bonds is 4. The molecular formula is C37H46N5O7V-. The molecule has 1 radical (unpaired) electrons. The maximum absolute atomic E-state index is 14.2. The summed E-state index contributed by atoms with van der Waals surface area (Å²) < 4.78 is 24.1. The van der Waals surface area contributed by atoms with Crippen LogP contribution in [0.3, 0.4) is 0 Å². The molecule has 3 aromatic rings. The van der Waals surface area contributed by atoms with Crippen LogP contribution in [0.4, 0.5) is 4.79 Å². The summed E-state index contributed by atoms with van der Waals surface area (Å²) >= 11 is 0. The SMILES string of the molecule is Cc1cnc(COc2ccc3nc4c(nc3c2)O[C@H]2CN(C(=O)[C@H](C(C)(C)C)NC(=O)O[C@@H]3CC5CC5[C@H]3CCCCC4)[C@H]([C-]=O)[C@@H]2C)o1.[V]. The number of hydrogen-bond acceptors (Lipinski definition) is 10. The van der Waals surface area contributed by atoms with Crippen LogP contribution < -0.4 is 14.8 Å². The van der Waals surface area contributed by atoms with Crippen LogP contribution in [-0.4, -0.2) is 69.0 Å². The Kier molecular flexibility index (Phi) is 10.5. The van der Waals surface area contributed by atoms with Crippen LogP contribution in [0.1, 0.15) is 83.6 Å². The second-order valence-corrected chi connectivity index (χ2v) is 15.4. The number of nitrogens with one attached hydrogen (secondary N) is 1. The minimum Gasteiger partial charge on any atom is -0.540 e. The van der Waals surface area contributed by atoms with Crippen molar-refractivity contribution in [3.05, 3.63) is 41.7 Å². The number of ether oxygens (including phenoxy) is 3. The van der Waals surface area contributed by atoms with Crippen molar-refractivity contribution in [2.45, 2.75) is 110 Å². The molecule has 1 N–H and O–H groups in total. The Labute approximate surface area is 304 Å². The van der Waals surface area contributed by atoms with Crippen molar-refractivity contribution in [2.75, 3.05) is 6.54 Å². The number of alkyl carbamates (subject to hydrolysis) is 1. The van der Waals surface area contributed by atoms with Gasteiger partial charge in [0, 0.05) is 24.6 Å². The number of fused-ring (bicyclic) bond motifs is 7. The first kappa shape index (κ1) is 36.2. The molecule has 13 heteroatoms. The summed E-state index contributed by atoms with van der Waals surface area (Å²) in [5.41, 5.74) is 1.41. The Hall–Kier alpha value is -3.64. The number of aryl methyl sites for hydroxylation is 2. The fourth-order valence-electron chi connectivity index (χ4n) is 7.97. The van der Waals surface area contributed by atoms with E-state index in [-0.39, 0.29) is 49.6 Å². The molecule has 4 heterocycles. The van der Waals surface area contributed by atoms with E-state index in [4.69, 9.17) is 28.6 Å². The van der Waals surface area contributed by atoms with Gasteiger partial charge in [0.25, 0.3) is 0 Å². The monoisotopic (exact) mass is 723 g/mol. The topological polar surface area (TPSA) is 146 Å². The summed E-state index contributed by atoms with van der Waals surface area (Å²) in [6, 6.07) is 3.77. The molecule has 2 aliphatic carbocycles. The predicted molar refractivity (Wildman–Crippen MR) is 178 cm³/mol. The van der Waals surface area contributed by atoms with Gasteiger partial charge in [-0.15, -0.1) is 0 Å². The van der Waals surface area contributed by atoms with Crippen LogP contribution in [0.25, 0.3) is 11.0 Å². The number of aromatic nitrogens is 3. The van der Waals surface area contributed by atoms with Crippen LogP contribution in [0.15, 0.2) is 28.8 Å². The van der Waals surface area contributed by atoms with Gasteiger partial charge in [0.15, 0.2) is 6.61 Å². The molecule has 1 aromatic carbocycles. The number of nitrogens with zero attached hydrogens (tertiary/aromatic N) is 4. The van der Waals surface area contributed by atoms with Crippen LogP contribution in [0, 0.1) is 36.0 Å². The largest absolute Gasteiger partial charge is 0.540 e. The zero-order valence-corrected chi connectivity index (χ0v) is 30.8. The van der Waals surface area contributed by atoms with Crippen molar-refractivity contribution in [1.82, 2.24) is 25.2 Å². The number of amides is 2. The number of carbonyl (C=O) groups is 2. The minimum atomic E-state index is -0.912. The van der Waals surface area contributed by atoms with Gasteiger partial charge in [0.05, 0.1) is 23.8 Å². The summed E-state index contributed by atoms with van der Waals surface area (Å²) in [6.45, 7) is 9.69. The molecule has 1 saturated heterocycles. The normalized spacial score (nSPS) is 30.0. The molecular weight excluding hydrogens is 677 g/mol. The van der Waals surface area contributed by atoms with Crippen LogP contribution in [0.5, 0.6) is 11.6 Å².